The number of carbonyl (C=O) groups is 1. The Morgan fingerprint density at radius 1 is 1.07 bits per heavy atom. The first kappa shape index (κ1) is 29.3. The summed E-state index contributed by atoms with van der Waals surface area (Å²) in [6.45, 7) is 5.68. The molecule has 4 N–H and O–H groups in total. The van der Waals surface area contributed by atoms with Gasteiger partial charge in [-0.2, -0.15) is 5.26 Å². The van der Waals surface area contributed by atoms with E-state index >= 15 is 0 Å². The number of cyclic esters (lactones) is 1. The molecule has 2 fully saturated rings. The van der Waals surface area contributed by atoms with Crippen LogP contribution in [0.4, 0.5) is 0 Å². The quantitative estimate of drug-likeness (QED) is 0.340. The van der Waals surface area contributed by atoms with E-state index in [9.17, 15) is 20.3 Å². The molecule has 4 bridgehead atoms. The van der Waals surface area contributed by atoms with Crippen molar-refractivity contribution in [2.75, 3.05) is 26.2 Å². The molecule has 1 unspecified atom stereocenters. The fourth-order valence-corrected chi connectivity index (χ4v) is 9.03. The third-order valence-corrected chi connectivity index (χ3v) is 11.1. The molecule has 1 radical (unpaired) electrons. The summed E-state index contributed by atoms with van der Waals surface area (Å²) in [5.41, 5.74) is 12.0. The molecule has 7 rings (SSSR count). The van der Waals surface area contributed by atoms with Gasteiger partial charge in [0.1, 0.15) is 30.2 Å². The van der Waals surface area contributed by atoms with E-state index in [2.05, 4.69) is 21.9 Å². The number of nitriles is 1. The first-order chi connectivity index (χ1) is 19.1. The van der Waals surface area contributed by atoms with Crippen molar-refractivity contribution in [2.45, 2.75) is 68.7 Å². The van der Waals surface area contributed by atoms with Crippen molar-refractivity contribution in [2.24, 2.45) is 5.73 Å². The number of nitrogens with two attached hydrogens (primary N) is 1. The maximum absolute atomic E-state index is 12.8. The van der Waals surface area contributed by atoms with E-state index in [1.165, 1.54) is 11.8 Å². The largest absolute Gasteiger partial charge is 0.507 e. The van der Waals surface area contributed by atoms with Crippen molar-refractivity contribution in [3.63, 3.8) is 0 Å². The average Bonchev–Trinajstić information content (AvgIpc) is 3.42. The Balaban J connectivity index is 0.00000302. The molecule has 0 aromatic heterocycles. The molecule has 2 aromatic rings. The summed E-state index contributed by atoms with van der Waals surface area (Å²) in [5, 5.41) is 33.6. The summed E-state index contributed by atoms with van der Waals surface area (Å²) in [5.74, 6) is 1.14. The number of hydrogen-bond acceptors (Lipinski definition) is 11. The molecule has 41 heavy (non-hydrogen) atoms. The van der Waals surface area contributed by atoms with Crippen LogP contribution in [-0.2, 0) is 16.0 Å². The number of hydrogen-bond donors (Lipinski definition) is 3. The molecule has 0 aliphatic carbocycles. The van der Waals surface area contributed by atoms with Crippen molar-refractivity contribution < 1.29 is 73.3 Å². The second-order valence-corrected chi connectivity index (χ2v) is 12.7. The van der Waals surface area contributed by atoms with Gasteiger partial charge < -0.3 is 30.2 Å². The minimum atomic E-state index is -0.837. The topological polar surface area (TPSA) is 142 Å². The van der Waals surface area contributed by atoms with Crippen LogP contribution in [0.15, 0.2) is 6.07 Å². The van der Waals surface area contributed by atoms with Gasteiger partial charge in [0.25, 0.3) is 0 Å². The van der Waals surface area contributed by atoms with E-state index in [4.69, 9.17) is 19.9 Å². The average molecular weight is 792 g/mol. The molecule has 2 aromatic carbocycles. The molecule has 5 aliphatic rings. The summed E-state index contributed by atoms with van der Waals surface area (Å²) < 4.78 is 17.6. The molecular weight excluding hydrogens is 759 g/mol. The molecular formula is C29H32AcN4O6S. The summed E-state index contributed by atoms with van der Waals surface area (Å²) >= 11 is 1.47. The third-order valence-electron chi connectivity index (χ3n) is 9.64. The van der Waals surface area contributed by atoms with Crippen LogP contribution in [0, 0.1) is 76.2 Å². The van der Waals surface area contributed by atoms with Gasteiger partial charge in [-0.15, -0.1) is 11.8 Å². The predicted octanol–water partition coefficient (Wildman–Crippen LogP) is 2.64. The number of nitrogens with zero attached hydrogens (tertiary/aromatic N) is 3. The number of phenolic OH excluding ortho intramolecular Hbond substituents is 2. The molecule has 7 atom stereocenters. The summed E-state index contributed by atoms with van der Waals surface area (Å²) in [6, 6.07) is 1.93. The number of esters is 1. The zero-order valence-corrected chi connectivity index (χ0v) is 28.9. The summed E-state index contributed by atoms with van der Waals surface area (Å²) in [4.78, 5) is 17.2. The molecule has 10 nitrogen and oxygen atoms in total. The molecule has 0 spiro atoms. The van der Waals surface area contributed by atoms with Gasteiger partial charge >= 0.3 is 5.97 Å². The van der Waals surface area contributed by atoms with E-state index in [1.54, 1.807) is 6.92 Å². The first-order valence-corrected chi connectivity index (χ1v) is 14.6. The number of likely N-dealkylation sites (N-methyl/N-ethyl adjacent to an activating group) is 1. The van der Waals surface area contributed by atoms with Crippen LogP contribution in [0.3, 0.4) is 0 Å². The van der Waals surface area contributed by atoms with Gasteiger partial charge in [-0.1, -0.05) is 6.07 Å². The maximum Gasteiger partial charge on any atom is 0.323 e. The number of fused-ring (bicyclic) bond motifs is 9. The standard InChI is InChI=1S/C29H32N4O6S.Ac/c1-11-5-14-6-16-17(7-30)33-18-8-37-29(36)15(31)9-40-28(23(33)22(32(16)4)19(14)24(34)12(11)2)21-20(18)27-26(38-10-39-27)13(3)25(21)35;/h5,15-18,22-23,28,34-35H,6,8-10,31H2,1-4H3;/t15-,16+,17+,18-,22-,23?,28-;/m1./s1. The Bertz CT molecular complexity index is 1510. The number of aromatic hydroxyl groups is 2. The van der Waals surface area contributed by atoms with Gasteiger partial charge in [0.2, 0.25) is 6.79 Å². The van der Waals surface area contributed by atoms with Crippen LogP contribution >= 0.6 is 11.8 Å². The van der Waals surface area contributed by atoms with Crippen molar-refractivity contribution in [3.8, 4) is 29.1 Å². The smallest absolute Gasteiger partial charge is 0.323 e. The second kappa shape index (κ2) is 10.5. The van der Waals surface area contributed by atoms with Gasteiger partial charge in [-0.25, -0.2) is 0 Å². The zero-order valence-electron chi connectivity index (χ0n) is 23.4. The predicted molar refractivity (Wildman–Crippen MR) is 146 cm³/mol. The minimum Gasteiger partial charge on any atom is -0.507 e. The fraction of sp³-hybridized carbons (Fsp3) is 0.517. The summed E-state index contributed by atoms with van der Waals surface area (Å²) in [6.07, 6.45) is 0.595. The van der Waals surface area contributed by atoms with E-state index in [-0.39, 0.29) is 92.8 Å². The number of ether oxygens (including phenoxy) is 3. The number of carbonyl (C=O) groups excluding carboxylic acids is 1. The second-order valence-electron chi connectivity index (χ2n) is 11.5. The zero-order chi connectivity index (χ0) is 28.2. The van der Waals surface area contributed by atoms with E-state index in [0.29, 0.717) is 34.6 Å². The monoisotopic (exact) mass is 791 g/mol. The van der Waals surface area contributed by atoms with Crippen LogP contribution in [0.25, 0.3) is 0 Å². The van der Waals surface area contributed by atoms with E-state index < -0.39 is 29.3 Å². The molecule has 0 saturated carbocycles. The van der Waals surface area contributed by atoms with Crippen molar-refractivity contribution in [1.29, 1.82) is 5.26 Å². The number of aryl methyl sites for hydroxylation is 1. The molecule has 0 amide bonds. The van der Waals surface area contributed by atoms with Gasteiger partial charge in [-0.3, -0.25) is 14.6 Å². The van der Waals surface area contributed by atoms with Gasteiger partial charge in [0, 0.05) is 84.2 Å². The third kappa shape index (κ3) is 3.99. The maximum atomic E-state index is 12.8. The number of phenols is 2. The van der Waals surface area contributed by atoms with Gasteiger partial charge in [-0.05, 0) is 50.9 Å². The van der Waals surface area contributed by atoms with Crippen LogP contribution in [0.1, 0.15) is 56.3 Å². The molecule has 5 heterocycles. The summed E-state index contributed by atoms with van der Waals surface area (Å²) in [7, 11) is 2.02. The molecule has 213 valence electrons. The molecule has 12 heteroatoms. The van der Waals surface area contributed by atoms with Crippen molar-refractivity contribution in [1.82, 2.24) is 9.80 Å². The Morgan fingerprint density at radius 2 is 1.78 bits per heavy atom. The van der Waals surface area contributed by atoms with Crippen molar-refractivity contribution >= 4 is 17.7 Å². The van der Waals surface area contributed by atoms with E-state index in [1.807, 2.05) is 20.9 Å². The number of thioether (sulfide) groups is 1. The number of benzene rings is 2. The Morgan fingerprint density at radius 3 is 2.51 bits per heavy atom. The van der Waals surface area contributed by atoms with Gasteiger partial charge in [0.05, 0.1) is 23.4 Å². The number of piperazine rings is 1. The fourth-order valence-electron chi connectivity index (χ4n) is 7.59. The Hall–Kier alpha value is -1.73. The van der Waals surface area contributed by atoms with Crippen LogP contribution in [0.2, 0.25) is 0 Å². The van der Waals surface area contributed by atoms with E-state index in [0.717, 1.165) is 22.3 Å². The minimum absolute atomic E-state index is 0. The van der Waals surface area contributed by atoms with Crippen LogP contribution < -0.4 is 15.2 Å². The van der Waals surface area contributed by atoms with Crippen LogP contribution in [0.5, 0.6) is 23.0 Å². The molecule has 5 aliphatic heterocycles. The Kier molecular flexibility index (Phi) is 7.49. The van der Waals surface area contributed by atoms with Gasteiger partial charge in [0.15, 0.2) is 11.5 Å². The first-order valence-electron chi connectivity index (χ1n) is 13.5. The van der Waals surface area contributed by atoms with Crippen molar-refractivity contribution in [3.05, 3.63) is 45.0 Å². The SMILES string of the molecule is Cc1cc2c(c(O)c1C)[C@@H]1C3[C@@H]4SC[C@@H](N)C(=O)OC[C@H](c5c6c(c(C)c(O)c54)OCO6)N3[C@@H](C#N)[C@H](C2)N1C.[Ac]. The molecule has 2 saturated heterocycles. The Labute approximate surface area is 278 Å². The number of rotatable bonds is 0. The van der Waals surface area contributed by atoms with Crippen LogP contribution in [-0.4, -0.2) is 76.3 Å². The normalized spacial score (nSPS) is 31.7.